The molecule has 20 heavy (non-hydrogen) atoms. The molecule has 1 heterocycles. The van der Waals surface area contributed by atoms with Crippen molar-refractivity contribution in [1.29, 1.82) is 0 Å². The van der Waals surface area contributed by atoms with Gasteiger partial charge in [-0.2, -0.15) is 0 Å². The molecule has 1 aliphatic heterocycles. The van der Waals surface area contributed by atoms with Crippen LogP contribution in [0, 0.1) is 23.7 Å². The van der Waals surface area contributed by atoms with Gasteiger partial charge >= 0.3 is 6.09 Å². The molecule has 114 valence electrons. The molecular formula is C17H29NO2. The summed E-state index contributed by atoms with van der Waals surface area (Å²) in [4.78, 5) is 13.9. The van der Waals surface area contributed by atoms with Gasteiger partial charge in [-0.1, -0.05) is 0 Å². The van der Waals surface area contributed by atoms with E-state index in [0.717, 1.165) is 32.4 Å². The third-order valence-electron chi connectivity index (χ3n) is 3.74. The minimum atomic E-state index is -0.421. The zero-order valence-corrected chi connectivity index (χ0v) is 13.7. The van der Waals surface area contributed by atoms with E-state index in [2.05, 4.69) is 19.8 Å². The highest BCUT2D eigenvalue weighted by Crippen LogP contribution is 2.28. The van der Waals surface area contributed by atoms with Gasteiger partial charge in [-0.3, -0.25) is 0 Å². The number of nitrogens with zero attached hydrogens (tertiary/aromatic N) is 1. The molecule has 0 radical (unpaired) electrons. The first-order valence-electron chi connectivity index (χ1n) is 7.59. The predicted octanol–water partition coefficient (Wildman–Crippen LogP) is 4.07. The van der Waals surface area contributed by atoms with Gasteiger partial charge in [-0.25, -0.2) is 4.79 Å². The van der Waals surface area contributed by atoms with Crippen molar-refractivity contribution >= 4 is 6.09 Å². The number of ether oxygens (including phenoxy) is 1. The Morgan fingerprint density at radius 2 is 2.00 bits per heavy atom. The molecule has 0 aromatic rings. The standard InChI is InChI=1S/C17H29NO2/c1-7-17(5,6)11-10-14-9-8-12-18(13-14)15(19)20-16(2,3)4/h1,14H,8-13H2,2-6H3. The fourth-order valence-electron chi connectivity index (χ4n) is 2.43. The fraction of sp³-hybridized carbons (Fsp3) is 0.824. The van der Waals surface area contributed by atoms with Crippen LogP contribution in [-0.2, 0) is 4.74 Å². The van der Waals surface area contributed by atoms with Gasteiger partial charge < -0.3 is 9.64 Å². The van der Waals surface area contributed by atoms with Gasteiger partial charge in [-0.05, 0) is 66.2 Å². The smallest absolute Gasteiger partial charge is 0.410 e. The normalized spacial score (nSPS) is 20.4. The van der Waals surface area contributed by atoms with Crippen molar-refractivity contribution in [3.05, 3.63) is 0 Å². The van der Waals surface area contributed by atoms with E-state index in [1.165, 1.54) is 6.42 Å². The minimum absolute atomic E-state index is 0.0474. The number of piperidine rings is 1. The Kier molecular flexibility index (Phi) is 5.50. The van der Waals surface area contributed by atoms with Crippen molar-refractivity contribution in [3.8, 4) is 12.3 Å². The molecule has 3 heteroatoms. The van der Waals surface area contributed by atoms with Crippen LogP contribution in [0.1, 0.15) is 60.3 Å². The topological polar surface area (TPSA) is 29.5 Å². The number of hydrogen-bond acceptors (Lipinski definition) is 2. The van der Waals surface area contributed by atoms with E-state index in [1.54, 1.807) is 0 Å². The number of carbonyl (C=O) groups excluding carboxylic acids is 1. The van der Waals surface area contributed by atoms with E-state index in [4.69, 9.17) is 11.2 Å². The van der Waals surface area contributed by atoms with Crippen LogP contribution in [0.5, 0.6) is 0 Å². The van der Waals surface area contributed by atoms with Gasteiger partial charge in [0.05, 0.1) is 0 Å². The Morgan fingerprint density at radius 3 is 2.55 bits per heavy atom. The molecule has 1 fully saturated rings. The zero-order valence-electron chi connectivity index (χ0n) is 13.7. The number of terminal acetylenes is 1. The van der Waals surface area contributed by atoms with Crippen LogP contribution < -0.4 is 0 Å². The van der Waals surface area contributed by atoms with Crippen molar-refractivity contribution < 1.29 is 9.53 Å². The summed E-state index contributed by atoms with van der Waals surface area (Å²) in [7, 11) is 0. The summed E-state index contributed by atoms with van der Waals surface area (Å²) in [5.74, 6) is 3.39. The number of carbonyl (C=O) groups is 1. The maximum absolute atomic E-state index is 12.1. The average molecular weight is 279 g/mol. The maximum Gasteiger partial charge on any atom is 0.410 e. The zero-order chi connectivity index (χ0) is 15.4. The van der Waals surface area contributed by atoms with Crippen LogP contribution in [0.3, 0.4) is 0 Å². The highest BCUT2D eigenvalue weighted by molar-refractivity contribution is 5.68. The summed E-state index contributed by atoms with van der Waals surface area (Å²) in [6.07, 6.45) is 9.68. The summed E-state index contributed by atoms with van der Waals surface area (Å²) in [5.41, 5.74) is -0.469. The molecule has 0 aliphatic carbocycles. The monoisotopic (exact) mass is 279 g/mol. The minimum Gasteiger partial charge on any atom is -0.444 e. The lowest BCUT2D eigenvalue weighted by atomic mass is 9.83. The molecular weight excluding hydrogens is 250 g/mol. The van der Waals surface area contributed by atoms with Crippen LogP contribution in [0.2, 0.25) is 0 Å². The Labute approximate surface area is 124 Å². The summed E-state index contributed by atoms with van der Waals surface area (Å²) >= 11 is 0. The van der Waals surface area contributed by atoms with Crippen LogP contribution in [0.4, 0.5) is 4.79 Å². The molecule has 0 aromatic heterocycles. The first-order valence-corrected chi connectivity index (χ1v) is 7.59. The molecule has 1 amide bonds. The van der Waals surface area contributed by atoms with E-state index >= 15 is 0 Å². The molecule has 0 spiro atoms. The Bertz CT molecular complexity index is 373. The Hall–Kier alpha value is -1.17. The van der Waals surface area contributed by atoms with Crippen molar-refractivity contribution in [2.45, 2.75) is 65.9 Å². The number of hydrogen-bond donors (Lipinski definition) is 0. The summed E-state index contributed by atoms with van der Waals surface area (Å²) < 4.78 is 5.45. The summed E-state index contributed by atoms with van der Waals surface area (Å²) in [6.45, 7) is 11.5. The molecule has 1 aliphatic rings. The third kappa shape index (κ3) is 5.86. The fourth-order valence-corrected chi connectivity index (χ4v) is 2.43. The number of rotatable bonds is 3. The molecule has 1 rings (SSSR count). The van der Waals surface area contributed by atoms with Gasteiger partial charge in [0.2, 0.25) is 0 Å². The average Bonchev–Trinajstić information content (AvgIpc) is 2.35. The molecule has 0 saturated carbocycles. The first kappa shape index (κ1) is 16.9. The van der Waals surface area contributed by atoms with Crippen molar-refractivity contribution in [2.24, 2.45) is 11.3 Å². The van der Waals surface area contributed by atoms with Crippen LogP contribution in [0.25, 0.3) is 0 Å². The van der Waals surface area contributed by atoms with Crippen molar-refractivity contribution in [3.63, 3.8) is 0 Å². The van der Waals surface area contributed by atoms with Crippen LogP contribution in [-0.4, -0.2) is 29.7 Å². The SMILES string of the molecule is C#CC(C)(C)CCC1CCCN(C(=O)OC(C)(C)C)C1. The molecule has 0 aromatic carbocycles. The number of amides is 1. The summed E-state index contributed by atoms with van der Waals surface area (Å²) in [6, 6.07) is 0. The van der Waals surface area contributed by atoms with E-state index in [9.17, 15) is 4.79 Å². The van der Waals surface area contributed by atoms with Crippen LogP contribution in [0.15, 0.2) is 0 Å². The molecule has 1 saturated heterocycles. The molecule has 3 nitrogen and oxygen atoms in total. The maximum atomic E-state index is 12.1. The second kappa shape index (κ2) is 6.52. The van der Waals surface area contributed by atoms with E-state index in [0.29, 0.717) is 5.92 Å². The first-order chi connectivity index (χ1) is 9.13. The quantitative estimate of drug-likeness (QED) is 0.729. The second-order valence-electron chi connectivity index (χ2n) is 7.50. The highest BCUT2D eigenvalue weighted by Gasteiger charge is 2.28. The molecule has 0 bridgehead atoms. The lowest BCUT2D eigenvalue weighted by molar-refractivity contribution is 0.0158. The van der Waals surface area contributed by atoms with E-state index in [-0.39, 0.29) is 11.5 Å². The highest BCUT2D eigenvalue weighted by atomic mass is 16.6. The van der Waals surface area contributed by atoms with Gasteiger partial charge in [-0.15, -0.1) is 12.3 Å². The van der Waals surface area contributed by atoms with Gasteiger partial charge in [0.1, 0.15) is 5.60 Å². The van der Waals surface area contributed by atoms with Crippen molar-refractivity contribution in [1.82, 2.24) is 4.90 Å². The van der Waals surface area contributed by atoms with Gasteiger partial charge in [0.25, 0.3) is 0 Å². The van der Waals surface area contributed by atoms with E-state index in [1.807, 2.05) is 25.7 Å². The summed E-state index contributed by atoms with van der Waals surface area (Å²) in [5, 5.41) is 0. The molecule has 1 unspecified atom stereocenters. The predicted molar refractivity (Wildman–Crippen MR) is 82.4 cm³/mol. The largest absolute Gasteiger partial charge is 0.444 e. The second-order valence-corrected chi connectivity index (χ2v) is 7.50. The number of likely N-dealkylation sites (tertiary alicyclic amines) is 1. The van der Waals surface area contributed by atoms with Gasteiger partial charge in [0.15, 0.2) is 0 Å². The molecule has 1 atom stereocenters. The molecule has 0 N–H and O–H groups in total. The Balaban J connectivity index is 2.47. The van der Waals surface area contributed by atoms with E-state index < -0.39 is 5.60 Å². The van der Waals surface area contributed by atoms with Crippen molar-refractivity contribution in [2.75, 3.05) is 13.1 Å². The van der Waals surface area contributed by atoms with Crippen LogP contribution >= 0.6 is 0 Å². The van der Waals surface area contributed by atoms with Gasteiger partial charge in [0, 0.05) is 18.5 Å². The lowest BCUT2D eigenvalue weighted by Crippen LogP contribution is -2.43. The lowest BCUT2D eigenvalue weighted by Gasteiger charge is -2.35. The Morgan fingerprint density at radius 1 is 1.35 bits per heavy atom. The third-order valence-corrected chi connectivity index (χ3v) is 3.74.